The van der Waals surface area contributed by atoms with Gasteiger partial charge in [0.25, 0.3) is 0 Å². The number of rotatable bonds is 13. The van der Waals surface area contributed by atoms with Gasteiger partial charge < -0.3 is 21.1 Å². The summed E-state index contributed by atoms with van der Waals surface area (Å²) < 4.78 is 41.0. The van der Waals surface area contributed by atoms with Crippen molar-refractivity contribution in [2.24, 2.45) is 16.6 Å². The lowest BCUT2D eigenvalue weighted by molar-refractivity contribution is -0.137. The minimum atomic E-state index is -4.22. The molecule has 1 aromatic carbocycles. The quantitative estimate of drug-likeness (QED) is 0.111. The minimum Gasteiger partial charge on any atom is -0.385 e. The third-order valence-electron chi connectivity index (χ3n) is 6.77. The molecular formula is C38H68F3N5O2. The molecule has 0 aliphatic heterocycles. The molecule has 1 aliphatic carbocycles. The van der Waals surface area contributed by atoms with Crippen LogP contribution in [0.4, 0.5) is 13.2 Å². The first-order chi connectivity index (χ1) is 23.0. The molecule has 2 unspecified atom stereocenters. The molecule has 1 aromatic heterocycles. The second kappa shape index (κ2) is 33.9. The molecule has 1 aliphatic rings. The van der Waals surface area contributed by atoms with Crippen molar-refractivity contribution in [3.63, 3.8) is 0 Å². The van der Waals surface area contributed by atoms with E-state index in [0.717, 1.165) is 37.5 Å². The average Bonchev–Trinajstić information content (AvgIpc) is 3.49. The molecule has 278 valence electrons. The van der Waals surface area contributed by atoms with E-state index >= 15 is 0 Å². The normalized spacial score (nSPS) is 13.3. The number of halogens is 3. The fourth-order valence-corrected chi connectivity index (χ4v) is 4.46. The van der Waals surface area contributed by atoms with Crippen molar-refractivity contribution in [1.82, 2.24) is 15.6 Å². The number of primary amides is 1. The molecule has 4 N–H and O–H groups in total. The summed E-state index contributed by atoms with van der Waals surface area (Å²) in [5.74, 6) is 1.21. The summed E-state index contributed by atoms with van der Waals surface area (Å²) in [6.45, 7) is 20.1. The van der Waals surface area contributed by atoms with E-state index in [1.54, 1.807) is 25.8 Å². The van der Waals surface area contributed by atoms with E-state index in [1.807, 2.05) is 27.0 Å². The number of carbonyl (C=O) groups is 1. The molecule has 7 nitrogen and oxygen atoms in total. The molecule has 0 saturated heterocycles. The molecule has 10 heteroatoms. The van der Waals surface area contributed by atoms with Gasteiger partial charge >= 0.3 is 6.18 Å². The van der Waals surface area contributed by atoms with Gasteiger partial charge in [-0.1, -0.05) is 86.4 Å². The van der Waals surface area contributed by atoms with Crippen LogP contribution in [0.15, 0.2) is 47.7 Å². The van der Waals surface area contributed by atoms with Gasteiger partial charge in [0.05, 0.1) is 18.4 Å². The van der Waals surface area contributed by atoms with Crippen molar-refractivity contribution >= 4 is 12.2 Å². The Bertz CT molecular complexity index is 1030. The van der Waals surface area contributed by atoms with E-state index in [9.17, 15) is 18.0 Å². The summed E-state index contributed by atoms with van der Waals surface area (Å²) in [4.78, 5) is 17.8. The number of nitrogens with zero attached hydrogens (tertiary/aromatic N) is 2. The summed E-state index contributed by atoms with van der Waals surface area (Å²) in [5.41, 5.74) is 7.97. The fourth-order valence-electron chi connectivity index (χ4n) is 4.46. The Hall–Kier alpha value is -2.98. The van der Waals surface area contributed by atoms with Gasteiger partial charge in [-0.2, -0.15) is 13.2 Å². The monoisotopic (exact) mass is 684 g/mol. The molecule has 0 radical (unpaired) electrons. The first kappa shape index (κ1) is 49.4. The van der Waals surface area contributed by atoms with E-state index in [0.29, 0.717) is 12.0 Å². The number of carbonyl (C=O) groups excluding carboxylic acids is 1. The largest absolute Gasteiger partial charge is 0.416 e. The van der Waals surface area contributed by atoms with Gasteiger partial charge in [0.1, 0.15) is 0 Å². The molecule has 3 rings (SSSR count). The van der Waals surface area contributed by atoms with Crippen molar-refractivity contribution in [2.45, 2.75) is 119 Å². The van der Waals surface area contributed by atoms with Crippen LogP contribution in [0.25, 0.3) is 0 Å². The van der Waals surface area contributed by atoms with E-state index in [4.69, 9.17) is 10.5 Å². The minimum absolute atomic E-state index is 0.150. The average molecular weight is 684 g/mol. The first-order valence-corrected chi connectivity index (χ1v) is 17.7. The SMILES string of the molecule is CC.CCC.CCCNCC(CC)CC1CCc2cnccc21.CCCOC.CCc1cccc(C(F)(F)F)c1.CN=CNCC(N)=O. The Morgan fingerprint density at radius 3 is 2.27 bits per heavy atom. The van der Waals surface area contributed by atoms with Crippen molar-refractivity contribution in [1.29, 1.82) is 0 Å². The van der Waals surface area contributed by atoms with Crippen LogP contribution in [0.5, 0.6) is 0 Å². The number of fused-ring (bicyclic) bond motifs is 1. The zero-order valence-corrected chi connectivity index (χ0v) is 31.7. The Balaban J connectivity index is -0.000000585. The second-order valence-corrected chi connectivity index (χ2v) is 11.0. The number of pyridine rings is 1. The number of alkyl halides is 3. The predicted octanol–water partition coefficient (Wildman–Crippen LogP) is 9.00. The van der Waals surface area contributed by atoms with Crippen LogP contribution in [-0.2, 0) is 28.5 Å². The van der Waals surface area contributed by atoms with Gasteiger partial charge in [-0.25, -0.2) is 0 Å². The second-order valence-electron chi connectivity index (χ2n) is 11.0. The molecule has 0 saturated carbocycles. The zero-order chi connectivity index (χ0) is 37.2. The van der Waals surface area contributed by atoms with Crippen LogP contribution in [0.1, 0.15) is 122 Å². The molecule has 0 bridgehead atoms. The maximum atomic E-state index is 12.1. The Labute approximate surface area is 291 Å². The lowest BCUT2D eigenvalue weighted by atomic mass is 9.89. The lowest BCUT2D eigenvalue weighted by Gasteiger charge is -2.20. The van der Waals surface area contributed by atoms with Gasteiger partial charge in [-0.15, -0.1) is 0 Å². The number of aromatic nitrogens is 1. The number of aliphatic imine (C=N–C) groups is 1. The first-order valence-electron chi connectivity index (χ1n) is 17.7. The van der Waals surface area contributed by atoms with E-state index in [-0.39, 0.29) is 12.5 Å². The number of ether oxygens (including phenoxy) is 1. The Kier molecular flexibility index (Phi) is 34.9. The predicted molar refractivity (Wildman–Crippen MR) is 199 cm³/mol. The molecule has 2 atom stereocenters. The van der Waals surface area contributed by atoms with Crippen LogP contribution in [-0.4, -0.2) is 57.6 Å². The summed E-state index contributed by atoms with van der Waals surface area (Å²) in [6, 6.07) is 7.62. The molecule has 1 heterocycles. The highest BCUT2D eigenvalue weighted by Gasteiger charge is 2.30. The smallest absolute Gasteiger partial charge is 0.385 e. The summed E-state index contributed by atoms with van der Waals surface area (Å²) in [7, 11) is 3.32. The molecule has 2 aromatic rings. The van der Waals surface area contributed by atoms with Crippen molar-refractivity contribution in [2.75, 3.05) is 40.4 Å². The van der Waals surface area contributed by atoms with Crippen LogP contribution < -0.4 is 16.4 Å². The fraction of sp³-hybridized carbons (Fsp3) is 0.658. The molecule has 0 spiro atoms. The van der Waals surface area contributed by atoms with Gasteiger partial charge in [-0.05, 0) is 92.3 Å². The highest BCUT2D eigenvalue weighted by atomic mass is 19.4. The Morgan fingerprint density at radius 1 is 1.12 bits per heavy atom. The third-order valence-corrected chi connectivity index (χ3v) is 6.77. The number of benzene rings is 1. The van der Waals surface area contributed by atoms with Crippen molar-refractivity contribution < 1.29 is 22.7 Å². The van der Waals surface area contributed by atoms with Crippen LogP contribution in [0.3, 0.4) is 0 Å². The molecule has 1 amide bonds. The molecular weight excluding hydrogens is 615 g/mol. The standard InChI is InChI=1S/C16H26N2.C9H9F3.C4H9N3O.C4H10O.C3H8.C2H6/c1-3-8-17-11-13(4-2)10-14-5-6-15-12-18-9-7-16(14)15;1-2-7-4-3-5-8(6-7)9(10,11)12;1-6-3-7-2-4(5)8;1-3-4-5-2;1-3-2;1-2/h7,9,12-14,17H,3-6,8,10-11H2,1-2H3;3-6H,2H2,1H3;3H,2H2,1H3,(H2,5,8)(H,6,7);3-4H2,1-2H3;3H2,1-2H3;1-2H3. The molecule has 48 heavy (non-hydrogen) atoms. The van der Waals surface area contributed by atoms with Crippen molar-refractivity contribution in [3.8, 4) is 0 Å². The number of methoxy groups -OCH3 is 1. The lowest BCUT2D eigenvalue weighted by Crippen LogP contribution is -2.27. The topological polar surface area (TPSA) is 102 Å². The highest BCUT2D eigenvalue weighted by molar-refractivity contribution is 5.78. The number of hydrogen-bond donors (Lipinski definition) is 3. The maximum absolute atomic E-state index is 12.1. The van der Waals surface area contributed by atoms with Crippen molar-refractivity contribution in [3.05, 3.63) is 65.0 Å². The Morgan fingerprint density at radius 2 is 1.79 bits per heavy atom. The number of amides is 1. The number of hydrogen-bond acceptors (Lipinski definition) is 5. The summed E-state index contributed by atoms with van der Waals surface area (Å²) >= 11 is 0. The number of aryl methyl sites for hydroxylation is 2. The van der Waals surface area contributed by atoms with Gasteiger partial charge in [0.2, 0.25) is 5.91 Å². The van der Waals surface area contributed by atoms with E-state index in [2.05, 4.69) is 67.5 Å². The van der Waals surface area contributed by atoms with E-state index < -0.39 is 11.7 Å². The highest BCUT2D eigenvalue weighted by Crippen LogP contribution is 2.37. The van der Waals surface area contributed by atoms with Crippen LogP contribution in [0.2, 0.25) is 0 Å². The van der Waals surface area contributed by atoms with E-state index in [1.165, 1.54) is 69.1 Å². The summed E-state index contributed by atoms with van der Waals surface area (Å²) in [5, 5.41) is 6.14. The third kappa shape index (κ3) is 27.0. The van der Waals surface area contributed by atoms with Crippen LogP contribution >= 0.6 is 0 Å². The van der Waals surface area contributed by atoms with Gasteiger partial charge in [0, 0.05) is 33.2 Å². The molecule has 0 fully saturated rings. The number of nitrogens with two attached hydrogens (primary N) is 1. The maximum Gasteiger partial charge on any atom is 0.416 e. The summed E-state index contributed by atoms with van der Waals surface area (Å²) in [6.07, 6.45) is 10.6. The van der Waals surface area contributed by atoms with Gasteiger partial charge in [0.15, 0.2) is 0 Å². The van der Waals surface area contributed by atoms with Crippen LogP contribution in [0, 0.1) is 5.92 Å². The zero-order valence-electron chi connectivity index (χ0n) is 31.7. The number of nitrogens with one attached hydrogen (secondary N) is 2. The van der Waals surface area contributed by atoms with Gasteiger partial charge in [-0.3, -0.25) is 14.8 Å².